The Morgan fingerprint density at radius 2 is 2.43 bits per heavy atom. The molecule has 1 heterocycles. The number of hydrogen-bond acceptors (Lipinski definition) is 3. The molecule has 0 aliphatic rings. The van der Waals surface area contributed by atoms with Crippen LogP contribution in [0.2, 0.25) is 0 Å². The Kier molecular flexibility index (Phi) is 4.13. The van der Waals surface area contributed by atoms with Gasteiger partial charge in [-0.05, 0) is 19.0 Å². The average molecular weight is 192 g/mol. The summed E-state index contributed by atoms with van der Waals surface area (Å²) < 4.78 is 4.98. The number of nitrogens with zero attached hydrogens (tertiary/aromatic N) is 1. The van der Waals surface area contributed by atoms with E-state index in [0.717, 1.165) is 6.42 Å². The van der Waals surface area contributed by atoms with Crippen molar-refractivity contribution in [1.82, 2.24) is 10.3 Å². The Balaban J connectivity index is 2.63. The van der Waals surface area contributed by atoms with Gasteiger partial charge in [-0.1, -0.05) is 12.1 Å². The third kappa shape index (κ3) is 2.85. The molecule has 1 atom stereocenters. The smallest absolute Gasteiger partial charge is 0.212 e. The highest BCUT2D eigenvalue weighted by Crippen LogP contribution is 2.08. The molecule has 0 saturated heterocycles. The standard InChI is InChI=1S/C11H16N2O/c1-4-10(12-2)7-9-5-6-11(14-3)13-8-9/h4-6,8,10,12H,1,7H2,2-3H3. The molecular formula is C11H16N2O. The Morgan fingerprint density at radius 3 is 2.86 bits per heavy atom. The summed E-state index contributed by atoms with van der Waals surface area (Å²) in [4.78, 5) is 4.13. The van der Waals surface area contributed by atoms with E-state index in [9.17, 15) is 0 Å². The van der Waals surface area contributed by atoms with Crippen molar-refractivity contribution < 1.29 is 4.74 Å². The predicted molar refractivity (Wildman–Crippen MR) is 57.5 cm³/mol. The van der Waals surface area contributed by atoms with E-state index in [2.05, 4.69) is 16.9 Å². The minimum Gasteiger partial charge on any atom is -0.481 e. The highest BCUT2D eigenvalue weighted by atomic mass is 16.5. The third-order valence-electron chi connectivity index (χ3n) is 2.12. The predicted octanol–water partition coefficient (Wildman–Crippen LogP) is 1.41. The molecule has 0 radical (unpaired) electrons. The fourth-order valence-electron chi connectivity index (χ4n) is 1.21. The van der Waals surface area contributed by atoms with Gasteiger partial charge in [0.2, 0.25) is 5.88 Å². The molecule has 76 valence electrons. The van der Waals surface area contributed by atoms with Gasteiger partial charge in [0, 0.05) is 18.3 Å². The number of likely N-dealkylation sites (N-methyl/N-ethyl adjacent to an activating group) is 1. The molecule has 0 fully saturated rings. The van der Waals surface area contributed by atoms with Crippen molar-refractivity contribution >= 4 is 0 Å². The lowest BCUT2D eigenvalue weighted by molar-refractivity contribution is 0.397. The van der Waals surface area contributed by atoms with Crippen LogP contribution in [0.25, 0.3) is 0 Å². The van der Waals surface area contributed by atoms with Crippen molar-refractivity contribution in [2.45, 2.75) is 12.5 Å². The van der Waals surface area contributed by atoms with Gasteiger partial charge in [-0.25, -0.2) is 4.98 Å². The number of methoxy groups -OCH3 is 1. The van der Waals surface area contributed by atoms with E-state index in [4.69, 9.17) is 4.74 Å². The second kappa shape index (κ2) is 5.40. The monoisotopic (exact) mass is 192 g/mol. The molecule has 0 aliphatic carbocycles. The number of pyridine rings is 1. The minimum absolute atomic E-state index is 0.296. The Morgan fingerprint density at radius 1 is 1.64 bits per heavy atom. The van der Waals surface area contributed by atoms with E-state index < -0.39 is 0 Å². The average Bonchev–Trinajstić information content (AvgIpc) is 2.26. The van der Waals surface area contributed by atoms with Crippen LogP contribution in [0.1, 0.15) is 5.56 Å². The number of rotatable bonds is 5. The quantitative estimate of drug-likeness (QED) is 0.716. The van der Waals surface area contributed by atoms with E-state index in [1.807, 2.05) is 31.5 Å². The molecule has 1 N–H and O–H groups in total. The number of ether oxygens (including phenoxy) is 1. The summed E-state index contributed by atoms with van der Waals surface area (Å²) in [5, 5.41) is 3.15. The Hall–Kier alpha value is -1.35. The Labute approximate surface area is 84.8 Å². The molecule has 1 rings (SSSR count). The highest BCUT2D eigenvalue weighted by molar-refractivity contribution is 5.19. The fraction of sp³-hybridized carbons (Fsp3) is 0.364. The molecule has 0 saturated carbocycles. The van der Waals surface area contributed by atoms with Crippen molar-refractivity contribution in [2.75, 3.05) is 14.2 Å². The molecule has 3 nitrogen and oxygen atoms in total. The summed E-state index contributed by atoms with van der Waals surface area (Å²) in [7, 11) is 3.53. The van der Waals surface area contributed by atoms with Gasteiger partial charge in [-0.15, -0.1) is 6.58 Å². The van der Waals surface area contributed by atoms with Gasteiger partial charge >= 0.3 is 0 Å². The van der Waals surface area contributed by atoms with Crippen molar-refractivity contribution in [3.63, 3.8) is 0 Å². The number of hydrogen-bond donors (Lipinski definition) is 1. The first-order valence-corrected chi connectivity index (χ1v) is 4.59. The molecule has 1 unspecified atom stereocenters. The van der Waals surface area contributed by atoms with E-state index >= 15 is 0 Å². The summed E-state index contributed by atoms with van der Waals surface area (Å²) in [6.07, 6.45) is 4.62. The van der Waals surface area contributed by atoms with Gasteiger partial charge < -0.3 is 10.1 Å². The maximum absolute atomic E-state index is 4.98. The summed E-state index contributed by atoms with van der Waals surface area (Å²) >= 11 is 0. The van der Waals surface area contributed by atoms with Gasteiger partial charge in [0.15, 0.2) is 0 Å². The lowest BCUT2D eigenvalue weighted by atomic mass is 10.1. The number of aromatic nitrogens is 1. The zero-order chi connectivity index (χ0) is 10.4. The molecule has 0 amide bonds. The van der Waals surface area contributed by atoms with Crippen LogP contribution < -0.4 is 10.1 Å². The highest BCUT2D eigenvalue weighted by Gasteiger charge is 2.02. The van der Waals surface area contributed by atoms with E-state index in [0.29, 0.717) is 11.9 Å². The van der Waals surface area contributed by atoms with Crippen LogP contribution in [0, 0.1) is 0 Å². The molecule has 3 heteroatoms. The summed E-state index contributed by atoms with van der Waals surface area (Å²) in [6, 6.07) is 4.18. The van der Waals surface area contributed by atoms with Crippen molar-refractivity contribution in [2.24, 2.45) is 0 Å². The summed E-state index contributed by atoms with van der Waals surface area (Å²) in [5.41, 5.74) is 1.17. The maximum atomic E-state index is 4.98. The SMILES string of the molecule is C=CC(Cc1ccc(OC)nc1)NC. The van der Waals surface area contributed by atoms with E-state index in [1.165, 1.54) is 5.56 Å². The van der Waals surface area contributed by atoms with Crippen molar-refractivity contribution in [3.05, 3.63) is 36.5 Å². The van der Waals surface area contributed by atoms with Crippen molar-refractivity contribution in [3.8, 4) is 5.88 Å². The molecule has 0 bridgehead atoms. The third-order valence-corrected chi connectivity index (χ3v) is 2.12. The van der Waals surface area contributed by atoms with Crippen LogP contribution in [-0.4, -0.2) is 25.2 Å². The van der Waals surface area contributed by atoms with Crippen LogP contribution in [-0.2, 0) is 6.42 Å². The summed E-state index contributed by atoms with van der Waals surface area (Å²) in [5.74, 6) is 0.647. The van der Waals surface area contributed by atoms with E-state index in [1.54, 1.807) is 7.11 Å². The van der Waals surface area contributed by atoms with Gasteiger partial charge in [-0.3, -0.25) is 0 Å². The molecule has 0 aliphatic heterocycles. The first-order chi connectivity index (χ1) is 6.80. The normalized spacial score (nSPS) is 12.1. The van der Waals surface area contributed by atoms with E-state index in [-0.39, 0.29) is 0 Å². The van der Waals surface area contributed by atoms with Gasteiger partial charge in [0.25, 0.3) is 0 Å². The van der Waals surface area contributed by atoms with Gasteiger partial charge in [0.05, 0.1) is 7.11 Å². The molecule has 1 aromatic rings. The second-order valence-corrected chi connectivity index (χ2v) is 3.04. The van der Waals surface area contributed by atoms with Crippen LogP contribution >= 0.6 is 0 Å². The van der Waals surface area contributed by atoms with Crippen LogP contribution in [0.5, 0.6) is 5.88 Å². The molecule has 1 aromatic heterocycles. The van der Waals surface area contributed by atoms with Gasteiger partial charge in [-0.2, -0.15) is 0 Å². The van der Waals surface area contributed by atoms with Crippen LogP contribution in [0.15, 0.2) is 31.0 Å². The zero-order valence-electron chi connectivity index (χ0n) is 8.66. The lowest BCUT2D eigenvalue weighted by Crippen LogP contribution is -2.24. The van der Waals surface area contributed by atoms with Crippen molar-refractivity contribution in [1.29, 1.82) is 0 Å². The second-order valence-electron chi connectivity index (χ2n) is 3.04. The lowest BCUT2D eigenvalue weighted by Gasteiger charge is -2.10. The number of nitrogens with one attached hydrogen (secondary N) is 1. The molecular weight excluding hydrogens is 176 g/mol. The fourth-order valence-corrected chi connectivity index (χ4v) is 1.21. The summed E-state index contributed by atoms with van der Waals surface area (Å²) in [6.45, 7) is 3.75. The first-order valence-electron chi connectivity index (χ1n) is 4.59. The first kappa shape index (κ1) is 10.7. The molecule has 0 spiro atoms. The maximum Gasteiger partial charge on any atom is 0.212 e. The Bertz CT molecular complexity index is 282. The van der Waals surface area contributed by atoms with Crippen LogP contribution in [0.4, 0.5) is 0 Å². The van der Waals surface area contributed by atoms with Gasteiger partial charge in [0.1, 0.15) is 0 Å². The zero-order valence-corrected chi connectivity index (χ0v) is 8.66. The topological polar surface area (TPSA) is 34.1 Å². The minimum atomic E-state index is 0.296. The van der Waals surface area contributed by atoms with Crippen LogP contribution in [0.3, 0.4) is 0 Å². The largest absolute Gasteiger partial charge is 0.481 e. The molecule has 14 heavy (non-hydrogen) atoms. The molecule has 0 aromatic carbocycles.